The molecule has 0 saturated heterocycles. The molecule has 124 valence electrons. The van der Waals surface area contributed by atoms with E-state index in [1.54, 1.807) is 30.3 Å². The van der Waals surface area contributed by atoms with Gasteiger partial charge in [-0.15, -0.1) is 0 Å². The molecule has 0 aliphatic heterocycles. The number of hydrogen-bond acceptors (Lipinski definition) is 3. The fraction of sp³-hybridized carbons (Fsp3) is 0.0556. The van der Waals surface area contributed by atoms with Gasteiger partial charge in [0.05, 0.1) is 12.2 Å². The van der Waals surface area contributed by atoms with Crippen molar-refractivity contribution in [2.75, 3.05) is 0 Å². The molecule has 0 N–H and O–H groups in total. The van der Waals surface area contributed by atoms with Gasteiger partial charge in [0.2, 0.25) is 0 Å². The van der Waals surface area contributed by atoms with Crippen LogP contribution in [0.25, 0.3) is 16.8 Å². The van der Waals surface area contributed by atoms with Crippen LogP contribution in [0.15, 0.2) is 65.7 Å². The second-order valence-corrected chi connectivity index (χ2v) is 6.02. The number of benzene rings is 2. The monoisotopic (exact) mass is 354 g/mol. The van der Waals surface area contributed by atoms with Crippen LogP contribution in [-0.4, -0.2) is 19.4 Å². The van der Waals surface area contributed by atoms with Crippen LogP contribution in [0.2, 0.25) is 5.02 Å². The summed E-state index contributed by atoms with van der Waals surface area (Å²) in [6.45, 7) is 0.337. The summed E-state index contributed by atoms with van der Waals surface area (Å²) >= 11 is 5.88. The van der Waals surface area contributed by atoms with Gasteiger partial charge >= 0.3 is 0 Å². The molecule has 5 nitrogen and oxygen atoms in total. The predicted octanol–water partition coefficient (Wildman–Crippen LogP) is 3.40. The molecule has 0 unspecified atom stereocenters. The summed E-state index contributed by atoms with van der Waals surface area (Å²) < 4.78 is 15.9. The lowest BCUT2D eigenvalue weighted by atomic mass is 10.1. The van der Waals surface area contributed by atoms with Crippen LogP contribution in [0.3, 0.4) is 0 Å². The zero-order valence-corrected chi connectivity index (χ0v) is 13.7. The molecule has 0 spiro atoms. The lowest BCUT2D eigenvalue weighted by Crippen LogP contribution is -2.25. The second kappa shape index (κ2) is 6.14. The van der Waals surface area contributed by atoms with E-state index in [0.29, 0.717) is 22.8 Å². The van der Waals surface area contributed by atoms with Gasteiger partial charge in [-0.25, -0.2) is 13.6 Å². The summed E-state index contributed by atoms with van der Waals surface area (Å²) in [5, 5.41) is 9.13. The molecule has 0 bridgehead atoms. The van der Waals surface area contributed by atoms with Crippen LogP contribution >= 0.6 is 11.6 Å². The van der Waals surface area contributed by atoms with Crippen LogP contribution in [-0.2, 0) is 6.54 Å². The predicted molar refractivity (Wildman–Crippen MR) is 93.2 cm³/mol. The molecule has 4 aromatic rings. The Kier molecular flexibility index (Phi) is 3.82. The molecule has 0 saturated carbocycles. The maximum Gasteiger partial charge on any atom is 0.293 e. The summed E-state index contributed by atoms with van der Waals surface area (Å²) in [5.74, 6) is -0.320. The number of halogens is 2. The third-order valence-corrected chi connectivity index (χ3v) is 4.13. The summed E-state index contributed by atoms with van der Waals surface area (Å²) in [6, 6.07) is 14.9. The van der Waals surface area contributed by atoms with Crippen LogP contribution in [0.4, 0.5) is 4.39 Å². The van der Waals surface area contributed by atoms with Crippen LogP contribution in [0.1, 0.15) is 5.56 Å². The van der Waals surface area contributed by atoms with Crippen molar-refractivity contribution >= 4 is 17.1 Å². The van der Waals surface area contributed by atoms with Gasteiger partial charge in [-0.2, -0.15) is 10.2 Å². The molecule has 0 amide bonds. The Bertz CT molecular complexity index is 1100. The highest BCUT2D eigenvalue weighted by molar-refractivity contribution is 6.30. The zero-order valence-electron chi connectivity index (χ0n) is 12.9. The molecule has 0 radical (unpaired) electrons. The Morgan fingerprint density at radius 1 is 1.04 bits per heavy atom. The van der Waals surface area contributed by atoms with Crippen molar-refractivity contribution in [2.24, 2.45) is 0 Å². The van der Waals surface area contributed by atoms with E-state index in [0.717, 1.165) is 11.1 Å². The summed E-state index contributed by atoms with van der Waals surface area (Å²) in [4.78, 5) is 12.7. The van der Waals surface area contributed by atoms with Crippen molar-refractivity contribution in [1.29, 1.82) is 0 Å². The minimum Gasteiger partial charge on any atom is -0.265 e. The van der Waals surface area contributed by atoms with Gasteiger partial charge in [-0.1, -0.05) is 23.7 Å². The maximum atomic E-state index is 13.1. The largest absolute Gasteiger partial charge is 0.293 e. The smallest absolute Gasteiger partial charge is 0.265 e. The molecule has 2 heterocycles. The highest BCUT2D eigenvalue weighted by Gasteiger charge is 2.10. The Labute approximate surface area is 146 Å². The van der Waals surface area contributed by atoms with E-state index in [1.807, 2.05) is 12.1 Å². The second-order valence-electron chi connectivity index (χ2n) is 5.59. The average molecular weight is 355 g/mol. The number of hydrogen-bond donors (Lipinski definition) is 0. The summed E-state index contributed by atoms with van der Waals surface area (Å²) in [5.41, 5.74) is 2.39. The Balaban J connectivity index is 1.73. The van der Waals surface area contributed by atoms with Gasteiger partial charge in [-0.3, -0.25) is 4.79 Å². The SMILES string of the molecule is O=c1c2cc(-c3ccc(F)cc3)nn2cnn1Cc1ccc(Cl)cc1. The van der Waals surface area contributed by atoms with Crippen LogP contribution in [0, 0.1) is 5.82 Å². The van der Waals surface area contributed by atoms with E-state index in [-0.39, 0.29) is 11.4 Å². The van der Waals surface area contributed by atoms with E-state index in [9.17, 15) is 9.18 Å². The maximum absolute atomic E-state index is 13.1. The first-order chi connectivity index (χ1) is 12.1. The standard InChI is InChI=1S/C18H12ClFN4O/c19-14-5-1-12(2-6-14)10-23-18(25)17-9-16(22-24(17)11-21-23)13-3-7-15(20)8-4-13/h1-9,11H,10H2. The first-order valence-electron chi connectivity index (χ1n) is 7.56. The van der Waals surface area contributed by atoms with E-state index in [1.165, 1.54) is 27.7 Å². The van der Waals surface area contributed by atoms with Crippen molar-refractivity contribution in [3.63, 3.8) is 0 Å². The molecule has 0 aliphatic rings. The number of fused-ring (bicyclic) bond motifs is 1. The van der Waals surface area contributed by atoms with E-state index >= 15 is 0 Å². The fourth-order valence-corrected chi connectivity index (χ4v) is 2.70. The number of nitrogens with zero attached hydrogens (tertiary/aromatic N) is 4. The van der Waals surface area contributed by atoms with Crippen molar-refractivity contribution in [2.45, 2.75) is 6.54 Å². The molecule has 0 fully saturated rings. The molecular formula is C18H12ClFN4O. The van der Waals surface area contributed by atoms with E-state index in [4.69, 9.17) is 11.6 Å². The molecule has 7 heteroatoms. The third-order valence-electron chi connectivity index (χ3n) is 3.88. The highest BCUT2D eigenvalue weighted by Crippen LogP contribution is 2.18. The first-order valence-corrected chi connectivity index (χ1v) is 7.94. The lowest BCUT2D eigenvalue weighted by Gasteiger charge is -2.04. The summed E-state index contributed by atoms with van der Waals surface area (Å²) in [6.07, 6.45) is 1.49. The number of aromatic nitrogens is 4. The zero-order chi connectivity index (χ0) is 17.4. The highest BCUT2D eigenvalue weighted by atomic mass is 35.5. The van der Waals surface area contributed by atoms with Crippen LogP contribution < -0.4 is 5.56 Å². The van der Waals surface area contributed by atoms with Crippen molar-refractivity contribution in [3.8, 4) is 11.3 Å². The molecule has 2 aromatic heterocycles. The van der Waals surface area contributed by atoms with Gasteiger partial charge in [0.25, 0.3) is 5.56 Å². The third kappa shape index (κ3) is 3.04. The molecule has 2 aromatic carbocycles. The van der Waals surface area contributed by atoms with Gasteiger partial charge < -0.3 is 0 Å². The molecule has 0 aliphatic carbocycles. The average Bonchev–Trinajstić information content (AvgIpc) is 3.05. The topological polar surface area (TPSA) is 52.2 Å². The van der Waals surface area contributed by atoms with E-state index < -0.39 is 0 Å². The quantitative estimate of drug-likeness (QED) is 0.566. The normalized spacial score (nSPS) is 11.1. The minimum absolute atomic E-state index is 0.252. The number of rotatable bonds is 3. The van der Waals surface area contributed by atoms with Crippen LogP contribution in [0.5, 0.6) is 0 Å². The fourth-order valence-electron chi connectivity index (χ4n) is 2.58. The lowest BCUT2D eigenvalue weighted by molar-refractivity contribution is 0.620. The van der Waals surface area contributed by atoms with Gasteiger partial charge in [0, 0.05) is 10.6 Å². The van der Waals surface area contributed by atoms with Crippen molar-refractivity contribution in [3.05, 3.63) is 87.7 Å². The van der Waals surface area contributed by atoms with Gasteiger partial charge in [0.1, 0.15) is 17.7 Å². The Morgan fingerprint density at radius 3 is 2.48 bits per heavy atom. The summed E-state index contributed by atoms with van der Waals surface area (Å²) in [7, 11) is 0. The molecule has 4 rings (SSSR count). The van der Waals surface area contributed by atoms with Crippen molar-refractivity contribution < 1.29 is 4.39 Å². The first kappa shape index (κ1) is 15.5. The van der Waals surface area contributed by atoms with E-state index in [2.05, 4.69) is 10.2 Å². The Hall–Kier alpha value is -2.99. The molecular weight excluding hydrogens is 343 g/mol. The molecule has 25 heavy (non-hydrogen) atoms. The van der Waals surface area contributed by atoms with Gasteiger partial charge in [0.15, 0.2) is 0 Å². The molecule has 0 atom stereocenters. The Morgan fingerprint density at radius 2 is 1.76 bits per heavy atom. The van der Waals surface area contributed by atoms with Crippen molar-refractivity contribution in [1.82, 2.24) is 19.4 Å². The minimum atomic E-state index is -0.320. The van der Waals surface area contributed by atoms with Gasteiger partial charge in [-0.05, 0) is 48.0 Å².